The molecule has 3 N–H and O–H groups in total. The van der Waals surface area contributed by atoms with Crippen LogP contribution in [0.15, 0.2) is 0 Å². The lowest BCUT2D eigenvalue weighted by Gasteiger charge is -2.38. The molecule has 17 heavy (non-hydrogen) atoms. The average molecular weight is 243 g/mol. The van der Waals surface area contributed by atoms with E-state index in [1.807, 2.05) is 4.90 Å². The standard InChI is InChI=1S/C11H21N3O3/c1-8(10(16)13-11(17)12-2)14-6-4-3-5-9(14)7-15/h8-9,15H,3-7H2,1-2H3,(H2,12,13,16,17). The Morgan fingerprint density at radius 1 is 1.47 bits per heavy atom. The summed E-state index contributed by atoms with van der Waals surface area (Å²) in [5.41, 5.74) is 0. The first-order valence-electron chi connectivity index (χ1n) is 5.99. The quantitative estimate of drug-likeness (QED) is 0.634. The summed E-state index contributed by atoms with van der Waals surface area (Å²) in [5, 5.41) is 13.9. The van der Waals surface area contributed by atoms with E-state index in [0.29, 0.717) is 0 Å². The van der Waals surface area contributed by atoms with E-state index >= 15 is 0 Å². The summed E-state index contributed by atoms with van der Waals surface area (Å²) < 4.78 is 0. The fraction of sp³-hybridized carbons (Fsp3) is 0.818. The van der Waals surface area contributed by atoms with Gasteiger partial charge in [-0.05, 0) is 26.3 Å². The number of carbonyl (C=O) groups is 2. The van der Waals surface area contributed by atoms with Crippen molar-refractivity contribution < 1.29 is 14.7 Å². The van der Waals surface area contributed by atoms with Gasteiger partial charge >= 0.3 is 6.03 Å². The summed E-state index contributed by atoms with van der Waals surface area (Å²) >= 11 is 0. The monoisotopic (exact) mass is 243 g/mol. The Bertz CT molecular complexity index is 283. The molecule has 1 saturated heterocycles. The van der Waals surface area contributed by atoms with E-state index in [1.54, 1.807) is 6.92 Å². The lowest BCUT2D eigenvalue weighted by Crippen LogP contribution is -2.54. The zero-order valence-electron chi connectivity index (χ0n) is 10.4. The minimum absolute atomic E-state index is 0.0224. The Morgan fingerprint density at radius 2 is 2.18 bits per heavy atom. The molecule has 0 bridgehead atoms. The SMILES string of the molecule is CNC(=O)NC(=O)C(C)N1CCCCC1CO. The fourth-order valence-corrected chi connectivity index (χ4v) is 2.16. The largest absolute Gasteiger partial charge is 0.395 e. The normalized spacial score (nSPS) is 22.9. The van der Waals surface area contributed by atoms with Gasteiger partial charge in [-0.3, -0.25) is 15.0 Å². The molecule has 2 unspecified atom stereocenters. The van der Waals surface area contributed by atoms with Gasteiger partial charge in [0, 0.05) is 13.1 Å². The van der Waals surface area contributed by atoms with Gasteiger partial charge in [-0.2, -0.15) is 0 Å². The molecule has 0 aromatic heterocycles. The van der Waals surface area contributed by atoms with Gasteiger partial charge in [0.1, 0.15) is 0 Å². The number of rotatable bonds is 3. The number of hydrogen-bond donors (Lipinski definition) is 3. The number of urea groups is 1. The predicted molar refractivity (Wildman–Crippen MR) is 63.5 cm³/mol. The summed E-state index contributed by atoms with van der Waals surface area (Å²) in [6.07, 6.45) is 2.99. The van der Waals surface area contributed by atoms with Crippen LogP contribution in [0, 0.1) is 0 Å². The molecule has 1 aliphatic heterocycles. The molecule has 6 heteroatoms. The van der Waals surface area contributed by atoms with Crippen LogP contribution in [0.1, 0.15) is 26.2 Å². The first kappa shape index (κ1) is 13.9. The average Bonchev–Trinajstić information content (AvgIpc) is 2.37. The Hall–Kier alpha value is -1.14. The van der Waals surface area contributed by atoms with Crippen molar-refractivity contribution in [2.75, 3.05) is 20.2 Å². The zero-order chi connectivity index (χ0) is 12.8. The highest BCUT2D eigenvalue weighted by atomic mass is 16.3. The van der Waals surface area contributed by atoms with Crippen molar-refractivity contribution in [2.45, 2.75) is 38.3 Å². The van der Waals surface area contributed by atoms with E-state index in [-0.39, 0.29) is 18.6 Å². The van der Waals surface area contributed by atoms with Gasteiger partial charge < -0.3 is 10.4 Å². The maximum atomic E-state index is 11.8. The van der Waals surface area contributed by atoms with Gasteiger partial charge in [-0.15, -0.1) is 0 Å². The number of imide groups is 1. The van der Waals surface area contributed by atoms with E-state index in [2.05, 4.69) is 10.6 Å². The summed E-state index contributed by atoms with van der Waals surface area (Å²) in [6.45, 7) is 2.59. The van der Waals surface area contributed by atoms with Crippen LogP contribution in [-0.4, -0.2) is 54.2 Å². The molecule has 1 rings (SSSR count). The van der Waals surface area contributed by atoms with Crippen molar-refractivity contribution in [3.05, 3.63) is 0 Å². The van der Waals surface area contributed by atoms with E-state index in [0.717, 1.165) is 25.8 Å². The van der Waals surface area contributed by atoms with Crippen LogP contribution < -0.4 is 10.6 Å². The number of hydrogen-bond acceptors (Lipinski definition) is 4. The molecular weight excluding hydrogens is 222 g/mol. The Kier molecular flexibility index (Phi) is 5.37. The van der Waals surface area contributed by atoms with Crippen molar-refractivity contribution in [1.29, 1.82) is 0 Å². The van der Waals surface area contributed by atoms with E-state index < -0.39 is 12.1 Å². The van der Waals surface area contributed by atoms with Crippen LogP contribution >= 0.6 is 0 Å². The van der Waals surface area contributed by atoms with E-state index in [1.165, 1.54) is 7.05 Å². The zero-order valence-corrected chi connectivity index (χ0v) is 10.4. The smallest absolute Gasteiger partial charge is 0.321 e. The molecule has 0 aliphatic carbocycles. The molecule has 0 aromatic rings. The van der Waals surface area contributed by atoms with Crippen LogP contribution in [0.4, 0.5) is 4.79 Å². The second-order valence-electron chi connectivity index (χ2n) is 4.31. The molecule has 6 nitrogen and oxygen atoms in total. The highest BCUT2D eigenvalue weighted by Gasteiger charge is 2.30. The lowest BCUT2D eigenvalue weighted by atomic mass is 10.0. The van der Waals surface area contributed by atoms with Crippen molar-refractivity contribution in [3.63, 3.8) is 0 Å². The molecule has 98 valence electrons. The van der Waals surface area contributed by atoms with Crippen LogP contribution in [0.2, 0.25) is 0 Å². The molecule has 2 atom stereocenters. The minimum Gasteiger partial charge on any atom is -0.395 e. The number of amides is 3. The van der Waals surface area contributed by atoms with E-state index in [4.69, 9.17) is 0 Å². The highest BCUT2D eigenvalue weighted by Crippen LogP contribution is 2.19. The number of aliphatic hydroxyl groups excluding tert-OH is 1. The van der Waals surface area contributed by atoms with Gasteiger partial charge in [0.15, 0.2) is 0 Å². The number of piperidine rings is 1. The van der Waals surface area contributed by atoms with Gasteiger partial charge in [0.25, 0.3) is 0 Å². The summed E-state index contributed by atoms with van der Waals surface area (Å²) in [6, 6.07) is -0.877. The first-order chi connectivity index (χ1) is 8.10. The Morgan fingerprint density at radius 3 is 2.76 bits per heavy atom. The Balaban J connectivity index is 2.57. The summed E-state index contributed by atoms with van der Waals surface area (Å²) in [4.78, 5) is 24.8. The topological polar surface area (TPSA) is 81.7 Å². The number of likely N-dealkylation sites (tertiary alicyclic amines) is 1. The molecule has 0 saturated carbocycles. The van der Waals surface area contributed by atoms with Gasteiger partial charge in [-0.25, -0.2) is 4.79 Å². The van der Waals surface area contributed by atoms with Crippen molar-refractivity contribution in [1.82, 2.24) is 15.5 Å². The second-order valence-corrected chi connectivity index (χ2v) is 4.31. The second kappa shape index (κ2) is 6.56. The molecular formula is C11H21N3O3. The van der Waals surface area contributed by atoms with Crippen molar-refractivity contribution >= 4 is 11.9 Å². The van der Waals surface area contributed by atoms with Crippen LogP contribution in [0.25, 0.3) is 0 Å². The Labute approximate surface area is 101 Å². The molecule has 0 spiro atoms. The first-order valence-corrected chi connectivity index (χ1v) is 5.99. The maximum Gasteiger partial charge on any atom is 0.321 e. The third-order valence-electron chi connectivity index (χ3n) is 3.22. The summed E-state index contributed by atoms with van der Waals surface area (Å²) in [7, 11) is 1.46. The van der Waals surface area contributed by atoms with Gasteiger partial charge in [0.2, 0.25) is 5.91 Å². The maximum absolute atomic E-state index is 11.8. The van der Waals surface area contributed by atoms with Crippen molar-refractivity contribution in [3.8, 4) is 0 Å². The van der Waals surface area contributed by atoms with Crippen LogP contribution in [-0.2, 0) is 4.79 Å². The third kappa shape index (κ3) is 3.67. The number of carbonyl (C=O) groups excluding carboxylic acids is 2. The molecule has 3 amide bonds. The number of nitrogens with one attached hydrogen (secondary N) is 2. The van der Waals surface area contributed by atoms with Gasteiger partial charge in [-0.1, -0.05) is 6.42 Å². The van der Waals surface area contributed by atoms with Crippen LogP contribution in [0.5, 0.6) is 0 Å². The van der Waals surface area contributed by atoms with Crippen molar-refractivity contribution in [2.24, 2.45) is 0 Å². The van der Waals surface area contributed by atoms with Gasteiger partial charge in [0.05, 0.1) is 12.6 Å². The molecule has 1 heterocycles. The third-order valence-corrected chi connectivity index (χ3v) is 3.22. The van der Waals surface area contributed by atoms with E-state index in [9.17, 15) is 14.7 Å². The highest BCUT2D eigenvalue weighted by molar-refractivity contribution is 5.96. The number of nitrogens with zero attached hydrogens (tertiary/aromatic N) is 1. The fourth-order valence-electron chi connectivity index (χ4n) is 2.16. The minimum atomic E-state index is -0.501. The molecule has 1 fully saturated rings. The lowest BCUT2D eigenvalue weighted by molar-refractivity contribution is -0.126. The number of aliphatic hydroxyl groups is 1. The summed E-state index contributed by atoms with van der Waals surface area (Å²) in [5.74, 6) is -0.329. The van der Waals surface area contributed by atoms with Crippen LogP contribution in [0.3, 0.4) is 0 Å². The molecule has 0 aromatic carbocycles. The predicted octanol–water partition coefficient (Wildman–Crippen LogP) is -0.323. The molecule has 0 radical (unpaired) electrons. The molecule has 1 aliphatic rings.